The van der Waals surface area contributed by atoms with Crippen LogP contribution in [0.15, 0.2) is 41.6 Å². The van der Waals surface area contributed by atoms with E-state index in [2.05, 4.69) is 22.3 Å². The molecule has 0 radical (unpaired) electrons. The van der Waals surface area contributed by atoms with Crippen LogP contribution < -0.4 is 9.75 Å². The number of fused-ring (bicyclic) bond motifs is 2. The first-order valence-electron chi connectivity index (χ1n) is 9.68. The van der Waals surface area contributed by atoms with Gasteiger partial charge in [0, 0.05) is 21.4 Å². The van der Waals surface area contributed by atoms with E-state index in [0.717, 1.165) is 24.3 Å². The Bertz CT molecular complexity index is 1110. The van der Waals surface area contributed by atoms with Crippen LogP contribution in [-0.2, 0) is 19.4 Å². The number of carbonyl (C=O) groups is 1. The molecule has 0 unspecified atom stereocenters. The highest BCUT2D eigenvalue weighted by atomic mass is 35.5. The lowest BCUT2D eigenvalue weighted by atomic mass is 10.1. The molecule has 154 valence electrons. The number of aryl methyl sites for hydroxylation is 2. The summed E-state index contributed by atoms with van der Waals surface area (Å²) in [5, 5.41) is 11.6. The van der Waals surface area contributed by atoms with Crippen molar-refractivity contribution in [1.82, 2.24) is 14.9 Å². The Balaban J connectivity index is 1.40. The number of hydrogen-bond acceptors (Lipinski definition) is 5. The van der Waals surface area contributed by atoms with Crippen molar-refractivity contribution in [2.75, 3.05) is 17.3 Å². The lowest BCUT2D eigenvalue weighted by Gasteiger charge is -2.29. The molecular formula is C21H18Cl2N4O2S. The van der Waals surface area contributed by atoms with Crippen LogP contribution in [-0.4, -0.2) is 33.1 Å². The molecule has 1 amide bonds. The summed E-state index contributed by atoms with van der Waals surface area (Å²) < 4.78 is 7.74. The van der Waals surface area contributed by atoms with Gasteiger partial charge in [0.1, 0.15) is 12.4 Å². The topological polar surface area (TPSA) is 60.3 Å². The Morgan fingerprint density at radius 2 is 1.87 bits per heavy atom. The van der Waals surface area contributed by atoms with Crippen LogP contribution in [0, 0.1) is 0 Å². The first-order valence-corrected chi connectivity index (χ1v) is 11.4. The molecule has 3 aromatic rings. The maximum atomic E-state index is 13.2. The number of rotatable bonds is 4. The van der Waals surface area contributed by atoms with Crippen LogP contribution in [0.25, 0.3) is 0 Å². The van der Waals surface area contributed by atoms with Crippen molar-refractivity contribution in [2.45, 2.75) is 31.0 Å². The quantitative estimate of drug-likeness (QED) is 0.571. The van der Waals surface area contributed by atoms with Gasteiger partial charge in [-0.1, -0.05) is 41.0 Å². The fourth-order valence-corrected chi connectivity index (χ4v) is 5.24. The van der Waals surface area contributed by atoms with E-state index < -0.39 is 0 Å². The summed E-state index contributed by atoms with van der Waals surface area (Å²) in [4.78, 5) is 13.2. The van der Waals surface area contributed by atoms with Crippen LogP contribution in [0.4, 0.5) is 0 Å². The van der Waals surface area contributed by atoms with Gasteiger partial charge in [0.2, 0.25) is 5.16 Å². The van der Waals surface area contributed by atoms with Crippen molar-refractivity contribution >= 4 is 40.9 Å². The number of ether oxygens (including phenoxy) is 1. The largest absolute Gasteiger partial charge is 0.486 e. The lowest BCUT2D eigenvalue weighted by molar-refractivity contribution is 0.0952. The van der Waals surface area contributed by atoms with E-state index in [1.165, 1.54) is 17.5 Å². The Labute approximate surface area is 188 Å². The van der Waals surface area contributed by atoms with Gasteiger partial charge >= 0.3 is 0 Å². The molecule has 2 heterocycles. The summed E-state index contributed by atoms with van der Waals surface area (Å²) in [6, 6.07) is 11.0. The zero-order valence-electron chi connectivity index (χ0n) is 16.0. The minimum Gasteiger partial charge on any atom is -0.486 e. The number of benzene rings is 2. The minimum atomic E-state index is -0.209. The predicted molar refractivity (Wildman–Crippen MR) is 117 cm³/mol. The molecule has 0 N–H and O–H groups in total. The third kappa shape index (κ3) is 3.77. The third-order valence-electron chi connectivity index (χ3n) is 5.23. The highest BCUT2D eigenvalue weighted by molar-refractivity contribution is 7.99. The van der Waals surface area contributed by atoms with E-state index in [1.54, 1.807) is 39.6 Å². The summed E-state index contributed by atoms with van der Waals surface area (Å²) in [5.74, 6) is 1.89. The molecule has 9 heteroatoms. The molecule has 0 bridgehead atoms. The molecule has 6 nitrogen and oxygen atoms in total. The number of amides is 1. The molecule has 1 aliphatic heterocycles. The van der Waals surface area contributed by atoms with Gasteiger partial charge in [-0.25, -0.2) is 9.69 Å². The highest BCUT2D eigenvalue weighted by Crippen LogP contribution is 2.28. The first kappa shape index (κ1) is 19.7. The number of hydrogen-bond donors (Lipinski definition) is 0. The van der Waals surface area contributed by atoms with Crippen molar-refractivity contribution in [1.29, 1.82) is 0 Å². The van der Waals surface area contributed by atoms with E-state index in [9.17, 15) is 4.79 Å². The Hall–Kier alpha value is -2.22. The van der Waals surface area contributed by atoms with Crippen LogP contribution >= 0.6 is 35.0 Å². The summed E-state index contributed by atoms with van der Waals surface area (Å²) in [5.41, 5.74) is 3.17. The van der Waals surface area contributed by atoms with Gasteiger partial charge < -0.3 is 4.74 Å². The summed E-state index contributed by atoms with van der Waals surface area (Å²) in [6.07, 6.45) is 3.42. The Morgan fingerprint density at radius 1 is 1.07 bits per heavy atom. The van der Waals surface area contributed by atoms with Crippen molar-refractivity contribution in [3.05, 3.63) is 69.0 Å². The Kier molecular flexibility index (Phi) is 5.35. The number of halogens is 2. The van der Waals surface area contributed by atoms with E-state index >= 15 is 0 Å². The number of carbonyl (C=O) groups excluding carboxylic acids is 1. The van der Waals surface area contributed by atoms with Gasteiger partial charge in [0.05, 0.1) is 6.54 Å². The average Bonchev–Trinajstić information content (AvgIpc) is 3.37. The standard InChI is InChI=1S/C21H18Cl2N4O2S/c22-16-8-15(9-17(23)11-16)20(28)26-6-7-30-21-25-24-19(27(21)26)12-29-18-5-4-13-2-1-3-14(13)10-18/h4-5,8-11H,1-3,6-7,12H2. The molecule has 1 aliphatic carbocycles. The SMILES string of the molecule is O=C(c1cc(Cl)cc(Cl)c1)N1CCSc2nnc(COc3ccc4c(c3)CCC4)n21. The number of nitrogens with zero attached hydrogens (tertiary/aromatic N) is 4. The zero-order valence-corrected chi connectivity index (χ0v) is 18.3. The van der Waals surface area contributed by atoms with Crippen LogP contribution in [0.5, 0.6) is 5.75 Å². The monoisotopic (exact) mass is 460 g/mol. The smallest absolute Gasteiger partial charge is 0.272 e. The molecule has 0 fully saturated rings. The van der Waals surface area contributed by atoms with Gasteiger partial charge in [0.15, 0.2) is 5.82 Å². The van der Waals surface area contributed by atoms with Gasteiger partial charge in [0.25, 0.3) is 5.91 Å². The molecule has 2 aliphatic rings. The average molecular weight is 461 g/mol. The second kappa shape index (κ2) is 8.13. The fraction of sp³-hybridized carbons (Fsp3) is 0.286. The molecular weight excluding hydrogens is 443 g/mol. The first-order chi connectivity index (χ1) is 14.6. The molecule has 1 aromatic heterocycles. The summed E-state index contributed by atoms with van der Waals surface area (Å²) in [7, 11) is 0. The summed E-state index contributed by atoms with van der Waals surface area (Å²) in [6.45, 7) is 0.733. The maximum Gasteiger partial charge on any atom is 0.272 e. The molecule has 0 atom stereocenters. The lowest BCUT2D eigenvalue weighted by Crippen LogP contribution is -2.45. The van der Waals surface area contributed by atoms with Crippen LogP contribution in [0.1, 0.15) is 33.7 Å². The zero-order chi connectivity index (χ0) is 20.7. The molecule has 0 spiro atoms. The second-order valence-electron chi connectivity index (χ2n) is 7.22. The predicted octanol–water partition coefficient (Wildman–Crippen LogP) is 4.54. The van der Waals surface area contributed by atoms with Gasteiger partial charge in [-0.15, -0.1) is 10.2 Å². The van der Waals surface area contributed by atoms with E-state index in [0.29, 0.717) is 33.1 Å². The number of aromatic nitrogens is 3. The van der Waals surface area contributed by atoms with Crippen LogP contribution in [0.3, 0.4) is 0 Å². The van der Waals surface area contributed by atoms with E-state index in [1.807, 2.05) is 6.07 Å². The molecule has 30 heavy (non-hydrogen) atoms. The van der Waals surface area contributed by atoms with Crippen molar-refractivity contribution in [2.24, 2.45) is 0 Å². The highest BCUT2D eigenvalue weighted by Gasteiger charge is 2.28. The third-order valence-corrected chi connectivity index (χ3v) is 6.57. The normalized spacial score (nSPS) is 15.1. The summed E-state index contributed by atoms with van der Waals surface area (Å²) >= 11 is 13.7. The minimum absolute atomic E-state index is 0.209. The molecule has 2 aromatic carbocycles. The van der Waals surface area contributed by atoms with Crippen molar-refractivity contribution < 1.29 is 9.53 Å². The van der Waals surface area contributed by atoms with Crippen molar-refractivity contribution in [3.8, 4) is 5.75 Å². The van der Waals surface area contributed by atoms with E-state index in [-0.39, 0.29) is 12.5 Å². The molecule has 0 saturated carbocycles. The second-order valence-corrected chi connectivity index (χ2v) is 9.15. The van der Waals surface area contributed by atoms with Gasteiger partial charge in [-0.05, 0) is 60.7 Å². The maximum absolute atomic E-state index is 13.2. The van der Waals surface area contributed by atoms with Gasteiger partial charge in [-0.3, -0.25) is 4.79 Å². The van der Waals surface area contributed by atoms with E-state index in [4.69, 9.17) is 27.9 Å². The molecule has 5 rings (SSSR count). The van der Waals surface area contributed by atoms with Gasteiger partial charge in [-0.2, -0.15) is 0 Å². The van der Waals surface area contributed by atoms with Crippen molar-refractivity contribution in [3.63, 3.8) is 0 Å². The van der Waals surface area contributed by atoms with Crippen LogP contribution in [0.2, 0.25) is 10.0 Å². The fourth-order valence-electron chi connectivity index (χ4n) is 3.85. The molecule has 0 saturated heterocycles. The number of thioether (sulfide) groups is 1. The Morgan fingerprint density at radius 3 is 2.70 bits per heavy atom.